The van der Waals surface area contributed by atoms with E-state index in [1.807, 2.05) is 0 Å². The van der Waals surface area contributed by atoms with E-state index in [0.29, 0.717) is 0 Å². The van der Waals surface area contributed by atoms with Crippen molar-refractivity contribution in [3.05, 3.63) is 34.1 Å². The van der Waals surface area contributed by atoms with Crippen molar-refractivity contribution in [1.82, 2.24) is 4.90 Å². The van der Waals surface area contributed by atoms with Crippen LogP contribution in [0.5, 0.6) is 0 Å². The molecule has 0 bridgehead atoms. The topological polar surface area (TPSA) is 20.3 Å². The van der Waals surface area contributed by atoms with Crippen molar-refractivity contribution in [2.45, 2.75) is 19.4 Å². The quantitative estimate of drug-likeness (QED) is 0.800. The highest BCUT2D eigenvalue weighted by atomic mass is 79.9. The van der Waals surface area contributed by atoms with Gasteiger partial charge in [-0.15, -0.1) is 0 Å². The molecular weight excluding hydrogens is 285 g/mol. The molecule has 1 saturated heterocycles. The van der Waals surface area contributed by atoms with Crippen LogP contribution in [-0.4, -0.2) is 24.3 Å². The Morgan fingerprint density at radius 1 is 1.41 bits per heavy atom. The van der Waals surface area contributed by atoms with E-state index >= 15 is 0 Å². The van der Waals surface area contributed by atoms with Crippen LogP contribution in [0.4, 0.5) is 4.39 Å². The number of likely N-dealkylation sites (tertiary alicyclic amines) is 1. The Morgan fingerprint density at radius 2 is 2.12 bits per heavy atom. The van der Waals surface area contributed by atoms with Gasteiger partial charge in [-0.2, -0.15) is 0 Å². The summed E-state index contributed by atoms with van der Waals surface area (Å²) in [7, 11) is 0. The lowest BCUT2D eigenvalue weighted by Crippen LogP contribution is -2.33. The summed E-state index contributed by atoms with van der Waals surface area (Å²) in [6.07, 6.45) is 2.88. The summed E-state index contributed by atoms with van der Waals surface area (Å²) in [5, 5.41) is 0. The van der Waals surface area contributed by atoms with Crippen molar-refractivity contribution >= 4 is 22.2 Å². The second-order valence-corrected chi connectivity index (χ2v) is 5.34. The third kappa shape index (κ3) is 3.36. The normalized spacial score (nSPS) is 18.2. The fourth-order valence-corrected chi connectivity index (χ4v) is 2.52. The van der Waals surface area contributed by atoms with Gasteiger partial charge in [0, 0.05) is 16.9 Å². The average Bonchev–Trinajstić information content (AvgIpc) is 2.35. The first-order chi connectivity index (χ1) is 8.19. The van der Waals surface area contributed by atoms with E-state index in [-0.39, 0.29) is 11.7 Å². The molecule has 1 heterocycles. The Hall–Kier alpha value is -0.740. The van der Waals surface area contributed by atoms with Crippen LogP contribution in [0, 0.1) is 11.7 Å². The number of carbonyl (C=O) groups is 1. The highest BCUT2D eigenvalue weighted by Crippen LogP contribution is 2.22. The largest absolute Gasteiger partial charge is 0.303 e. The lowest BCUT2D eigenvalue weighted by molar-refractivity contribution is -0.112. The van der Waals surface area contributed by atoms with Crippen LogP contribution in [0.2, 0.25) is 0 Å². The fraction of sp³-hybridized carbons (Fsp3) is 0.462. The predicted molar refractivity (Wildman–Crippen MR) is 68.2 cm³/mol. The Kier molecular flexibility index (Phi) is 4.29. The summed E-state index contributed by atoms with van der Waals surface area (Å²) >= 11 is 3.43. The van der Waals surface area contributed by atoms with Gasteiger partial charge in [0.25, 0.3) is 0 Å². The predicted octanol–water partition coefficient (Wildman–Crippen LogP) is 3.00. The maximum atomic E-state index is 13.1. The number of carbonyl (C=O) groups excluding carboxylic acids is 1. The van der Waals surface area contributed by atoms with Crippen LogP contribution >= 0.6 is 15.9 Å². The lowest BCUT2D eigenvalue weighted by Gasteiger charge is -2.29. The van der Waals surface area contributed by atoms with Crippen LogP contribution in [0.1, 0.15) is 18.4 Å². The SMILES string of the molecule is O=CC1CCN(Cc2cc(F)ccc2Br)CC1. The Labute approximate surface area is 109 Å². The third-order valence-corrected chi connectivity index (χ3v) is 4.00. The molecular formula is C13H15BrFNO. The van der Waals surface area contributed by atoms with Crippen molar-refractivity contribution in [3.63, 3.8) is 0 Å². The molecule has 17 heavy (non-hydrogen) atoms. The summed E-state index contributed by atoms with van der Waals surface area (Å²) in [6.45, 7) is 2.56. The zero-order chi connectivity index (χ0) is 12.3. The van der Waals surface area contributed by atoms with Crippen molar-refractivity contribution in [2.75, 3.05) is 13.1 Å². The number of hydrogen-bond acceptors (Lipinski definition) is 2. The van der Waals surface area contributed by atoms with E-state index in [1.165, 1.54) is 6.07 Å². The van der Waals surface area contributed by atoms with E-state index in [4.69, 9.17) is 0 Å². The second-order valence-electron chi connectivity index (χ2n) is 4.49. The third-order valence-electron chi connectivity index (χ3n) is 3.23. The minimum atomic E-state index is -0.203. The van der Waals surface area contributed by atoms with E-state index in [0.717, 1.165) is 48.8 Å². The van der Waals surface area contributed by atoms with Crippen molar-refractivity contribution in [2.24, 2.45) is 5.92 Å². The summed E-state index contributed by atoms with van der Waals surface area (Å²) in [5.74, 6) is 0.00757. The van der Waals surface area contributed by atoms with Gasteiger partial charge in [-0.3, -0.25) is 4.90 Å². The zero-order valence-electron chi connectivity index (χ0n) is 9.53. The lowest BCUT2D eigenvalue weighted by atomic mass is 9.98. The van der Waals surface area contributed by atoms with Gasteiger partial charge in [-0.05, 0) is 49.7 Å². The van der Waals surface area contributed by atoms with Gasteiger partial charge < -0.3 is 4.79 Å². The number of piperidine rings is 1. The molecule has 0 atom stereocenters. The minimum Gasteiger partial charge on any atom is -0.303 e. The number of hydrogen-bond donors (Lipinski definition) is 0. The Balaban J connectivity index is 1.97. The molecule has 2 nitrogen and oxygen atoms in total. The van der Waals surface area contributed by atoms with Crippen LogP contribution in [0.15, 0.2) is 22.7 Å². The highest BCUT2D eigenvalue weighted by Gasteiger charge is 2.19. The summed E-state index contributed by atoms with van der Waals surface area (Å²) in [6, 6.07) is 4.75. The van der Waals surface area contributed by atoms with Gasteiger partial charge in [-0.1, -0.05) is 15.9 Å². The summed E-state index contributed by atoms with van der Waals surface area (Å²) in [5.41, 5.74) is 0.967. The van der Waals surface area contributed by atoms with Gasteiger partial charge in [0.05, 0.1) is 0 Å². The smallest absolute Gasteiger partial charge is 0.123 e. The molecule has 0 unspecified atom stereocenters. The fourth-order valence-electron chi connectivity index (χ4n) is 2.15. The number of nitrogens with zero attached hydrogens (tertiary/aromatic N) is 1. The molecule has 0 radical (unpaired) electrons. The minimum absolute atomic E-state index is 0.203. The zero-order valence-corrected chi connectivity index (χ0v) is 11.1. The van der Waals surface area contributed by atoms with E-state index in [2.05, 4.69) is 20.8 Å². The van der Waals surface area contributed by atoms with Crippen molar-refractivity contribution in [3.8, 4) is 0 Å². The molecule has 0 spiro atoms. The van der Waals surface area contributed by atoms with E-state index in [1.54, 1.807) is 12.1 Å². The molecule has 2 rings (SSSR count). The molecule has 0 aliphatic carbocycles. The van der Waals surface area contributed by atoms with Crippen LogP contribution < -0.4 is 0 Å². The van der Waals surface area contributed by atoms with Gasteiger partial charge >= 0.3 is 0 Å². The first kappa shape index (κ1) is 12.7. The number of aldehydes is 1. The number of halogens is 2. The first-order valence-corrected chi connectivity index (χ1v) is 6.60. The summed E-state index contributed by atoms with van der Waals surface area (Å²) in [4.78, 5) is 12.9. The number of rotatable bonds is 3. The molecule has 0 N–H and O–H groups in total. The average molecular weight is 300 g/mol. The van der Waals surface area contributed by atoms with Gasteiger partial charge in [0.1, 0.15) is 12.1 Å². The molecule has 0 aromatic heterocycles. The molecule has 1 aromatic carbocycles. The molecule has 1 aromatic rings. The molecule has 1 aliphatic rings. The van der Waals surface area contributed by atoms with Crippen LogP contribution in [0.3, 0.4) is 0 Å². The Bertz CT molecular complexity index is 402. The van der Waals surface area contributed by atoms with Crippen LogP contribution in [0.25, 0.3) is 0 Å². The molecule has 0 amide bonds. The molecule has 1 aliphatic heterocycles. The summed E-state index contributed by atoms with van der Waals surface area (Å²) < 4.78 is 14.1. The Morgan fingerprint density at radius 3 is 2.76 bits per heavy atom. The maximum Gasteiger partial charge on any atom is 0.123 e. The highest BCUT2D eigenvalue weighted by molar-refractivity contribution is 9.10. The maximum absolute atomic E-state index is 13.1. The second kappa shape index (κ2) is 5.74. The first-order valence-electron chi connectivity index (χ1n) is 5.80. The van der Waals surface area contributed by atoms with Crippen molar-refractivity contribution < 1.29 is 9.18 Å². The molecule has 0 saturated carbocycles. The molecule has 1 fully saturated rings. The standard InChI is InChI=1S/C13H15BrFNO/c14-13-2-1-12(15)7-11(13)8-16-5-3-10(9-17)4-6-16/h1-2,7,9-10H,3-6,8H2. The molecule has 92 valence electrons. The van der Waals surface area contributed by atoms with E-state index < -0.39 is 0 Å². The number of benzene rings is 1. The van der Waals surface area contributed by atoms with Gasteiger partial charge in [0.2, 0.25) is 0 Å². The van der Waals surface area contributed by atoms with E-state index in [9.17, 15) is 9.18 Å². The van der Waals surface area contributed by atoms with Crippen LogP contribution in [-0.2, 0) is 11.3 Å². The van der Waals surface area contributed by atoms with Gasteiger partial charge in [-0.25, -0.2) is 4.39 Å². The van der Waals surface area contributed by atoms with Gasteiger partial charge in [0.15, 0.2) is 0 Å². The molecule has 4 heteroatoms. The monoisotopic (exact) mass is 299 g/mol. The van der Waals surface area contributed by atoms with Crippen molar-refractivity contribution in [1.29, 1.82) is 0 Å².